The number of fused-ring (bicyclic) bond motifs is 2. The van der Waals surface area contributed by atoms with Crippen molar-refractivity contribution in [3.8, 4) is 33.9 Å². The highest BCUT2D eigenvalue weighted by atomic mass is 19.1. The predicted molar refractivity (Wildman–Crippen MR) is 127 cm³/mol. The summed E-state index contributed by atoms with van der Waals surface area (Å²) in [7, 11) is 0. The number of halogens is 1. The predicted octanol–water partition coefficient (Wildman–Crippen LogP) is 5.26. The van der Waals surface area contributed by atoms with Crippen LogP contribution in [0.3, 0.4) is 0 Å². The van der Waals surface area contributed by atoms with Crippen molar-refractivity contribution in [1.29, 1.82) is 0 Å². The molecule has 33 heavy (non-hydrogen) atoms. The number of aryl methyl sites for hydroxylation is 1. The van der Waals surface area contributed by atoms with E-state index >= 15 is 0 Å². The second kappa shape index (κ2) is 7.23. The van der Waals surface area contributed by atoms with Crippen LogP contribution in [0.5, 0.6) is 0 Å². The van der Waals surface area contributed by atoms with E-state index in [0.717, 1.165) is 49.9 Å². The Hall–Kier alpha value is -4.59. The number of nitrogens with zero attached hydrogens (tertiary/aromatic N) is 4. The largest absolute Gasteiger partial charge is 0.397 e. The Bertz CT molecular complexity index is 1640. The molecule has 0 saturated carbocycles. The molecule has 2 aromatic carbocycles. The van der Waals surface area contributed by atoms with Crippen molar-refractivity contribution < 1.29 is 4.39 Å². The molecule has 8 heteroatoms. The van der Waals surface area contributed by atoms with E-state index in [1.165, 1.54) is 12.1 Å². The van der Waals surface area contributed by atoms with Crippen LogP contribution in [0, 0.1) is 12.7 Å². The number of pyridine rings is 2. The number of aromatic amines is 2. The van der Waals surface area contributed by atoms with Crippen molar-refractivity contribution in [2.24, 2.45) is 0 Å². The average molecular weight is 435 g/mol. The quantitative estimate of drug-likeness (QED) is 0.351. The van der Waals surface area contributed by atoms with E-state index in [1.54, 1.807) is 18.6 Å². The second-order valence-electron chi connectivity index (χ2n) is 8.00. The molecular formula is C25H18FN7. The molecule has 0 amide bonds. The van der Waals surface area contributed by atoms with Crippen LogP contribution < -0.4 is 5.73 Å². The van der Waals surface area contributed by atoms with E-state index in [0.29, 0.717) is 17.2 Å². The molecular weight excluding hydrogens is 417 g/mol. The van der Waals surface area contributed by atoms with Gasteiger partial charge >= 0.3 is 0 Å². The Labute approximate surface area is 187 Å². The van der Waals surface area contributed by atoms with Crippen LogP contribution in [0.4, 0.5) is 10.1 Å². The van der Waals surface area contributed by atoms with E-state index in [4.69, 9.17) is 10.7 Å². The average Bonchev–Trinajstić information content (AvgIpc) is 3.41. The Morgan fingerprint density at radius 3 is 2.70 bits per heavy atom. The number of benzene rings is 2. The van der Waals surface area contributed by atoms with Gasteiger partial charge in [0.05, 0.1) is 34.1 Å². The van der Waals surface area contributed by atoms with Crippen LogP contribution in [-0.4, -0.2) is 30.1 Å². The molecule has 0 unspecified atom stereocenters. The Kier molecular flexibility index (Phi) is 4.19. The molecule has 0 fully saturated rings. The zero-order valence-electron chi connectivity index (χ0n) is 17.6. The molecule has 0 bridgehead atoms. The summed E-state index contributed by atoms with van der Waals surface area (Å²) in [5.41, 5.74) is 13.5. The lowest BCUT2D eigenvalue weighted by Gasteiger charge is -2.04. The van der Waals surface area contributed by atoms with Gasteiger partial charge in [0.15, 0.2) is 5.82 Å². The van der Waals surface area contributed by atoms with Crippen LogP contribution >= 0.6 is 0 Å². The highest BCUT2D eigenvalue weighted by Crippen LogP contribution is 2.33. The number of nitrogens with two attached hydrogens (primary N) is 1. The Morgan fingerprint density at radius 1 is 0.939 bits per heavy atom. The minimum atomic E-state index is -0.271. The Balaban J connectivity index is 1.51. The van der Waals surface area contributed by atoms with Crippen molar-refractivity contribution >= 4 is 27.6 Å². The fourth-order valence-corrected chi connectivity index (χ4v) is 4.12. The fraction of sp³-hybridized carbons (Fsp3) is 0.0400. The number of imidazole rings is 1. The number of nitrogen functional groups attached to an aromatic ring is 1. The van der Waals surface area contributed by atoms with E-state index in [-0.39, 0.29) is 5.82 Å². The lowest BCUT2D eigenvalue weighted by atomic mass is 10.0. The van der Waals surface area contributed by atoms with Crippen LogP contribution in [0.25, 0.3) is 55.8 Å². The van der Waals surface area contributed by atoms with Gasteiger partial charge in [-0.25, -0.2) is 9.37 Å². The molecule has 6 aromatic rings. The molecule has 7 nitrogen and oxygen atoms in total. The van der Waals surface area contributed by atoms with Crippen LogP contribution in [0.1, 0.15) is 5.56 Å². The van der Waals surface area contributed by atoms with Gasteiger partial charge in [-0.2, -0.15) is 5.10 Å². The summed E-state index contributed by atoms with van der Waals surface area (Å²) < 4.78 is 14.1. The van der Waals surface area contributed by atoms with E-state index in [9.17, 15) is 4.39 Å². The molecule has 0 atom stereocenters. The second-order valence-corrected chi connectivity index (χ2v) is 8.00. The van der Waals surface area contributed by atoms with Crippen LogP contribution in [0.2, 0.25) is 0 Å². The van der Waals surface area contributed by atoms with Crippen LogP contribution in [0.15, 0.2) is 67.1 Å². The smallest absolute Gasteiger partial charge is 0.159 e. The van der Waals surface area contributed by atoms with Gasteiger partial charge in [-0.15, -0.1) is 0 Å². The maximum absolute atomic E-state index is 14.1. The number of rotatable bonds is 3. The first-order chi connectivity index (χ1) is 16.0. The molecule has 160 valence electrons. The first kappa shape index (κ1) is 19.1. The summed E-state index contributed by atoms with van der Waals surface area (Å²) in [4.78, 5) is 16.9. The SMILES string of the molecule is Cc1cc(F)cc(-c2cccc3[nH]c(-c4n[nH]c5cnc(-c6cncc(N)c6)cc45)nc23)c1. The van der Waals surface area contributed by atoms with Gasteiger partial charge < -0.3 is 10.7 Å². The van der Waals surface area contributed by atoms with Crippen molar-refractivity contribution in [2.45, 2.75) is 6.92 Å². The fourth-order valence-electron chi connectivity index (χ4n) is 4.12. The molecule has 0 aliphatic heterocycles. The third-order valence-corrected chi connectivity index (χ3v) is 5.59. The maximum Gasteiger partial charge on any atom is 0.159 e. The molecule has 0 saturated heterocycles. The van der Waals surface area contributed by atoms with Crippen molar-refractivity contribution in [3.05, 3.63) is 78.5 Å². The van der Waals surface area contributed by atoms with Crippen molar-refractivity contribution in [2.75, 3.05) is 5.73 Å². The number of aromatic nitrogens is 6. The van der Waals surface area contributed by atoms with E-state index < -0.39 is 0 Å². The van der Waals surface area contributed by atoms with Gasteiger partial charge in [-0.3, -0.25) is 15.1 Å². The summed E-state index contributed by atoms with van der Waals surface area (Å²) in [6.45, 7) is 1.88. The standard InChI is InChI=1S/C25H18FN7/c1-13-5-14(7-16(26)6-13)18-3-2-4-20-23(18)31-25(30-20)24-19-9-21(29-12-22(19)32-33-24)15-8-17(27)11-28-10-15/h2-12H,27H2,1H3,(H,30,31)(H,32,33). The first-order valence-electron chi connectivity index (χ1n) is 10.4. The number of para-hydroxylation sites is 1. The first-order valence-corrected chi connectivity index (χ1v) is 10.4. The lowest BCUT2D eigenvalue weighted by molar-refractivity contribution is 0.627. The number of hydrogen-bond acceptors (Lipinski definition) is 5. The molecule has 4 heterocycles. The topological polar surface area (TPSA) is 109 Å². The van der Waals surface area contributed by atoms with Crippen molar-refractivity contribution in [1.82, 2.24) is 30.1 Å². The third-order valence-electron chi connectivity index (χ3n) is 5.59. The lowest BCUT2D eigenvalue weighted by Crippen LogP contribution is -1.90. The maximum atomic E-state index is 14.1. The molecule has 0 spiro atoms. The minimum absolute atomic E-state index is 0.271. The summed E-state index contributed by atoms with van der Waals surface area (Å²) in [6, 6.07) is 14.6. The zero-order valence-corrected chi connectivity index (χ0v) is 17.6. The normalized spacial score (nSPS) is 11.5. The minimum Gasteiger partial charge on any atom is -0.397 e. The van der Waals surface area contributed by atoms with Gasteiger partial charge in [-0.1, -0.05) is 18.2 Å². The van der Waals surface area contributed by atoms with Crippen LogP contribution in [-0.2, 0) is 0 Å². The molecule has 4 aromatic heterocycles. The van der Waals surface area contributed by atoms with Gasteiger partial charge in [0.1, 0.15) is 11.5 Å². The number of anilines is 1. The highest BCUT2D eigenvalue weighted by Gasteiger charge is 2.16. The molecule has 6 rings (SSSR count). The number of hydrogen-bond donors (Lipinski definition) is 3. The van der Waals surface area contributed by atoms with Gasteiger partial charge in [0.25, 0.3) is 0 Å². The number of H-pyrrole nitrogens is 2. The third kappa shape index (κ3) is 3.28. The molecule has 0 radical (unpaired) electrons. The summed E-state index contributed by atoms with van der Waals surface area (Å²) >= 11 is 0. The molecule has 0 aliphatic carbocycles. The number of nitrogens with one attached hydrogen (secondary N) is 2. The van der Waals surface area contributed by atoms with Crippen molar-refractivity contribution in [3.63, 3.8) is 0 Å². The van der Waals surface area contributed by atoms with Gasteiger partial charge in [0.2, 0.25) is 0 Å². The molecule has 4 N–H and O–H groups in total. The highest BCUT2D eigenvalue weighted by molar-refractivity contribution is 5.97. The summed E-state index contributed by atoms with van der Waals surface area (Å²) in [5, 5.41) is 8.37. The molecule has 0 aliphatic rings. The van der Waals surface area contributed by atoms with Gasteiger partial charge in [0, 0.05) is 28.9 Å². The monoisotopic (exact) mass is 435 g/mol. The summed E-state index contributed by atoms with van der Waals surface area (Å²) in [6.07, 6.45) is 5.05. The summed E-state index contributed by atoms with van der Waals surface area (Å²) in [5.74, 6) is 0.340. The van der Waals surface area contributed by atoms with E-state index in [2.05, 4.69) is 25.1 Å². The van der Waals surface area contributed by atoms with Gasteiger partial charge in [-0.05, 0) is 48.4 Å². The zero-order chi connectivity index (χ0) is 22.5. The Morgan fingerprint density at radius 2 is 1.85 bits per heavy atom. The van der Waals surface area contributed by atoms with E-state index in [1.807, 2.05) is 43.3 Å².